The number of methoxy groups -OCH3 is 1. The highest BCUT2D eigenvalue weighted by atomic mass is 32.2. The molecule has 1 heterocycles. The molecule has 1 aliphatic heterocycles. The molecule has 2 aromatic rings. The third kappa shape index (κ3) is 4.15. The summed E-state index contributed by atoms with van der Waals surface area (Å²) >= 11 is 0.850. The number of ether oxygens (including phenoxy) is 1. The molecule has 8 nitrogen and oxygen atoms in total. The van der Waals surface area contributed by atoms with Crippen LogP contribution in [0.3, 0.4) is 0 Å². The van der Waals surface area contributed by atoms with Gasteiger partial charge in [0.15, 0.2) is 5.37 Å². The van der Waals surface area contributed by atoms with Crippen molar-refractivity contribution in [3.05, 3.63) is 65.2 Å². The summed E-state index contributed by atoms with van der Waals surface area (Å²) in [6.45, 7) is 0.0391. The lowest BCUT2D eigenvalue weighted by Gasteiger charge is -2.15. The number of thioether (sulfide) groups is 1. The quantitative estimate of drug-likeness (QED) is 0.726. The van der Waals surface area contributed by atoms with Gasteiger partial charge in [-0.15, -0.1) is 0 Å². The predicted octanol–water partition coefficient (Wildman–Crippen LogP) is 1.47. The number of imide groups is 1. The minimum Gasteiger partial charge on any atom is -0.545 e. The third-order valence-corrected chi connectivity index (χ3v) is 5.04. The SMILES string of the molecule is COC(=O)c1ccc(N[C@H]2SC(=O)N(Cc3ccc(C(=O)[O-])cc3)C2=O)cc1. The van der Waals surface area contributed by atoms with Crippen molar-refractivity contribution in [1.82, 2.24) is 4.90 Å². The number of carbonyl (C=O) groups excluding carboxylic acids is 4. The lowest BCUT2D eigenvalue weighted by Crippen LogP contribution is -2.34. The van der Waals surface area contributed by atoms with E-state index in [1.54, 1.807) is 24.3 Å². The molecule has 1 fully saturated rings. The van der Waals surface area contributed by atoms with Gasteiger partial charge in [-0.3, -0.25) is 14.5 Å². The summed E-state index contributed by atoms with van der Waals surface area (Å²) in [6, 6.07) is 12.1. The Morgan fingerprint density at radius 1 is 1.07 bits per heavy atom. The second kappa shape index (κ2) is 8.13. The molecule has 2 aromatic carbocycles. The number of carbonyl (C=O) groups is 4. The van der Waals surface area contributed by atoms with Gasteiger partial charge >= 0.3 is 5.97 Å². The van der Waals surface area contributed by atoms with Gasteiger partial charge in [-0.2, -0.15) is 0 Å². The molecule has 1 aliphatic rings. The summed E-state index contributed by atoms with van der Waals surface area (Å²) in [5, 5.41) is 12.5. The van der Waals surface area contributed by atoms with Crippen LogP contribution in [0.25, 0.3) is 0 Å². The van der Waals surface area contributed by atoms with Gasteiger partial charge in [0.1, 0.15) is 0 Å². The highest BCUT2D eigenvalue weighted by Crippen LogP contribution is 2.29. The Morgan fingerprint density at radius 3 is 2.25 bits per heavy atom. The molecule has 0 bridgehead atoms. The second-order valence-corrected chi connectivity index (χ2v) is 6.94. The molecule has 0 spiro atoms. The summed E-state index contributed by atoms with van der Waals surface area (Å²) in [4.78, 5) is 48.1. The average Bonchev–Trinajstić information content (AvgIpc) is 2.95. The lowest BCUT2D eigenvalue weighted by molar-refractivity contribution is -0.255. The maximum atomic E-state index is 12.6. The summed E-state index contributed by atoms with van der Waals surface area (Å²) in [5.41, 5.74) is 1.59. The van der Waals surface area contributed by atoms with Gasteiger partial charge in [-0.1, -0.05) is 24.3 Å². The van der Waals surface area contributed by atoms with Crippen molar-refractivity contribution in [2.75, 3.05) is 12.4 Å². The molecule has 1 saturated heterocycles. The topological polar surface area (TPSA) is 116 Å². The summed E-state index contributed by atoms with van der Waals surface area (Å²) < 4.78 is 4.63. The third-order valence-electron chi connectivity index (χ3n) is 4.06. The van der Waals surface area contributed by atoms with Crippen molar-refractivity contribution >= 4 is 40.5 Å². The van der Waals surface area contributed by atoms with Crippen molar-refractivity contribution in [1.29, 1.82) is 0 Å². The van der Waals surface area contributed by atoms with Crippen LogP contribution in [-0.4, -0.2) is 40.5 Å². The molecule has 2 amide bonds. The highest BCUT2D eigenvalue weighted by Gasteiger charge is 2.39. The Hall–Kier alpha value is -3.33. The molecular formula is C19H15N2O6S-. The number of carboxylic acid groups (broad SMARTS) is 1. The number of nitrogens with one attached hydrogen (secondary N) is 1. The summed E-state index contributed by atoms with van der Waals surface area (Å²) in [7, 11) is 1.29. The van der Waals surface area contributed by atoms with E-state index >= 15 is 0 Å². The average molecular weight is 399 g/mol. The van der Waals surface area contributed by atoms with Crippen LogP contribution < -0.4 is 10.4 Å². The van der Waals surface area contributed by atoms with E-state index in [-0.39, 0.29) is 12.1 Å². The number of amides is 2. The Morgan fingerprint density at radius 2 is 1.68 bits per heavy atom. The summed E-state index contributed by atoms with van der Waals surface area (Å²) in [5.74, 6) is -2.17. The fourth-order valence-corrected chi connectivity index (χ4v) is 3.49. The largest absolute Gasteiger partial charge is 0.545 e. The van der Waals surface area contributed by atoms with Crippen LogP contribution in [-0.2, 0) is 16.1 Å². The molecule has 3 rings (SSSR count). The van der Waals surface area contributed by atoms with E-state index in [9.17, 15) is 24.3 Å². The van der Waals surface area contributed by atoms with E-state index in [1.165, 1.54) is 31.4 Å². The Balaban J connectivity index is 1.66. The highest BCUT2D eigenvalue weighted by molar-refractivity contribution is 8.15. The van der Waals surface area contributed by atoms with Gasteiger partial charge in [0.05, 0.1) is 25.2 Å². The van der Waals surface area contributed by atoms with Gasteiger partial charge in [0.2, 0.25) is 0 Å². The van der Waals surface area contributed by atoms with Crippen molar-refractivity contribution < 1.29 is 29.0 Å². The number of rotatable bonds is 6. The van der Waals surface area contributed by atoms with Gasteiger partial charge in [0, 0.05) is 5.69 Å². The molecule has 1 N–H and O–H groups in total. The number of benzene rings is 2. The molecule has 0 saturated carbocycles. The van der Waals surface area contributed by atoms with Crippen LogP contribution in [0.1, 0.15) is 26.3 Å². The maximum Gasteiger partial charge on any atom is 0.337 e. The first-order chi connectivity index (χ1) is 13.4. The standard InChI is InChI=1S/C19H16N2O6S/c1-27-18(25)13-6-8-14(9-7-13)20-15-16(22)21(19(26)28-15)10-11-2-4-12(5-3-11)17(23)24/h2-9,15,20H,10H2,1H3,(H,23,24)/p-1/t15-/m0/s1. The van der Waals surface area contributed by atoms with Crippen molar-refractivity contribution in [2.45, 2.75) is 11.9 Å². The number of carboxylic acids is 1. The minimum atomic E-state index is -1.29. The van der Waals surface area contributed by atoms with Crippen molar-refractivity contribution in [3.8, 4) is 0 Å². The first kappa shape index (κ1) is 19.4. The Kier molecular flexibility index (Phi) is 5.65. The van der Waals surface area contributed by atoms with Gasteiger partial charge in [-0.05, 0) is 47.2 Å². The normalized spacial score (nSPS) is 16.2. The number of hydrogen-bond donors (Lipinski definition) is 1. The van der Waals surface area contributed by atoms with Gasteiger partial charge in [0.25, 0.3) is 11.1 Å². The zero-order chi connectivity index (χ0) is 20.3. The number of hydrogen-bond acceptors (Lipinski definition) is 8. The van der Waals surface area contributed by atoms with E-state index in [1.807, 2.05) is 0 Å². The predicted molar refractivity (Wildman–Crippen MR) is 99.5 cm³/mol. The molecule has 0 unspecified atom stereocenters. The molecule has 0 radical (unpaired) electrons. The zero-order valence-corrected chi connectivity index (χ0v) is 15.5. The monoisotopic (exact) mass is 399 g/mol. The summed E-state index contributed by atoms with van der Waals surface area (Å²) in [6.07, 6.45) is 0. The first-order valence-electron chi connectivity index (χ1n) is 8.16. The first-order valence-corrected chi connectivity index (χ1v) is 9.04. The fraction of sp³-hybridized carbons (Fsp3) is 0.158. The van der Waals surface area contributed by atoms with Crippen LogP contribution in [0.2, 0.25) is 0 Å². The molecule has 28 heavy (non-hydrogen) atoms. The van der Waals surface area contributed by atoms with E-state index in [4.69, 9.17) is 0 Å². The van der Waals surface area contributed by atoms with Crippen molar-refractivity contribution in [2.24, 2.45) is 0 Å². The van der Waals surface area contributed by atoms with Crippen LogP contribution in [0.5, 0.6) is 0 Å². The van der Waals surface area contributed by atoms with Crippen LogP contribution in [0, 0.1) is 0 Å². The van der Waals surface area contributed by atoms with E-state index < -0.39 is 28.5 Å². The Bertz CT molecular complexity index is 926. The number of aromatic carboxylic acids is 1. The van der Waals surface area contributed by atoms with Crippen LogP contribution in [0.15, 0.2) is 48.5 Å². The molecular weight excluding hydrogens is 384 g/mol. The number of anilines is 1. The van der Waals surface area contributed by atoms with E-state index in [0.717, 1.165) is 16.7 Å². The number of esters is 1. The second-order valence-electron chi connectivity index (χ2n) is 5.89. The van der Waals surface area contributed by atoms with E-state index in [0.29, 0.717) is 16.8 Å². The number of nitrogens with zero attached hydrogens (tertiary/aromatic N) is 1. The molecule has 0 aromatic heterocycles. The fourth-order valence-electron chi connectivity index (χ4n) is 2.58. The molecule has 9 heteroatoms. The van der Waals surface area contributed by atoms with Gasteiger partial charge < -0.3 is 20.0 Å². The zero-order valence-electron chi connectivity index (χ0n) is 14.7. The van der Waals surface area contributed by atoms with E-state index in [2.05, 4.69) is 10.1 Å². The maximum absolute atomic E-state index is 12.6. The molecule has 0 aliphatic carbocycles. The molecule has 144 valence electrons. The van der Waals surface area contributed by atoms with Crippen LogP contribution in [0.4, 0.5) is 10.5 Å². The lowest BCUT2D eigenvalue weighted by atomic mass is 10.1. The minimum absolute atomic E-state index is 0.0205. The molecule has 1 atom stereocenters. The Labute approximate surface area is 164 Å². The van der Waals surface area contributed by atoms with Crippen LogP contribution >= 0.6 is 11.8 Å². The smallest absolute Gasteiger partial charge is 0.337 e. The van der Waals surface area contributed by atoms with Crippen molar-refractivity contribution in [3.63, 3.8) is 0 Å². The van der Waals surface area contributed by atoms with Gasteiger partial charge in [-0.25, -0.2) is 4.79 Å².